The van der Waals surface area contributed by atoms with E-state index >= 15 is 0 Å². The van der Waals surface area contributed by atoms with E-state index in [0.29, 0.717) is 5.75 Å². The van der Waals surface area contributed by atoms with E-state index in [1.54, 1.807) is 6.20 Å². The minimum absolute atomic E-state index is 0.148. The van der Waals surface area contributed by atoms with Gasteiger partial charge in [0.05, 0.1) is 11.9 Å². The summed E-state index contributed by atoms with van der Waals surface area (Å²) in [5, 5.41) is 12.4. The molecule has 0 saturated carbocycles. The molecule has 2 aliphatic rings. The summed E-state index contributed by atoms with van der Waals surface area (Å²) in [6, 6.07) is 5.91. The molecule has 2 fully saturated rings. The minimum Gasteiger partial charge on any atom is -0.376 e. The number of carbonyl (C=O) groups excluding carboxylic acids is 1. The fraction of sp³-hybridized carbons (Fsp3) is 0.556. The quantitative estimate of drug-likeness (QED) is 0.681. The summed E-state index contributed by atoms with van der Waals surface area (Å²) in [5.74, 6) is 1.51. The molecule has 8 nitrogen and oxygen atoms in total. The molecule has 2 aromatic rings. The second-order valence-electron chi connectivity index (χ2n) is 6.73. The Hall–Kier alpha value is -1.91. The summed E-state index contributed by atoms with van der Waals surface area (Å²) in [4.78, 5) is 21.0. The van der Waals surface area contributed by atoms with Crippen LogP contribution in [0.25, 0.3) is 0 Å². The number of thioether (sulfide) groups is 1. The molecule has 10 heteroatoms. The maximum Gasteiger partial charge on any atom is 0.233 e. The van der Waals surface area contributed by atoms with Crippen molar-refractivity contribution in [3.05, 3.63) is 24.4 Å². The van der Waals surface area contributed by atoms with E-state index in [2.05, 4.69) is 25.4 Å². The minimum atomic E-state index is 0.148. The zero-order valence-electron chi connectivity index (χ0n) is 15.6. The van der Waals surface area contributed by atoms with Crippen LogP contribution in [-0.4, -0.2) is 77.2 Å². The van der Waals surface area contributed by atoms with Gasteiger partial charge in [-0.1, -0.05) is 29.2 Å². The zero-order valence-corrected chi connectivity index (χ0v) is 17.3. The second kappa shape index (κ2) is 9.53. The van der Waals surface area contributed by atoms with Gasteiger partial charge in [-0.05, 0) is 25.0 Å². The van der Waals surface area contributed by atoms with E-state index in [-0.39, 0.29) is 12.0 Å². The molecule has 28 heavy (non-hydrogen) atoms. The van der Waals surface area contributed by atoms with Crippen LogP contribution in [0.15, 0.2) is 28.7 Å². The van der Waals surface area contributed by atoms with Crippen LogP contribution in [0.2, 0.25) is 0 Å². The third-order valence-electron chi connectivity index (χ3n) is 4.84. The first-order valence-electron chi connectivity index (χ1n) is 9.53. The first-order chi connectivity index (χ1) is 13.8. The molecular weight excluding hydrogens is 396 g/mol. The topological polar surface area (TPSA) is 83.5 Å². The number of nitrogens with one attached hydrogen (secondary N) is 1. The molecule has 2 aliphatic heterocycles. The molecule has 0 unspecified atom stereocenters. The van der Waals surface area contributed by atoms with Gasteiger partial charge in [0, 0.05) is 45.5 Å². The van der Waals surface area contributed by atoms with Crippen molar-refractivity contribution in [2.75, 3.05) is 55.3 Å². The third-order valence-corrected chi connectivity index (χ3v) is 6.84. The molecule has 0 aromatic carbocycles. The van der Waals surface area contributed by atoms with Gasteiger partial charge in [0.2, 0.25) is 11.0 Å². The van der Waals surface area contributed by atoms with E-state index in [1.165, 1.54) is 23.1 Å². The van der Waals surface area contributed by atoms with Crippen molar-refractivity contribution in [3.8, 4) is 0 Å². The maximum atomic E-state index is 12.5. The Morgan fingerprint density at radius 2 is 2.18 bits per heavy atom. The van der Waals surface area contributed by atoms with Gasteiger partial charge in [0.1, 0.15) is 5.82 Å². The molecule has 150 valence electrons. The van der Waals surface area contributed by atoms with Crippen molar-refractivity contribution in [1.82, 2.24) is 20.1 Å². The third kappa shape index (κ3) is 5.12. The van der Waals surface area contributed by atoms with Crippen molar-refractivity contribution < 1.29 is 9.53 Å². The predicted octanol–water partition coefficient (Wildman–Crippen LogP) is 1.96. The standard InChI is InChI=1S/C18H24N6O2S2/c25-16(24-9-7-23(8-10-24)15-5-1-2-6-19-15)13-27-18-22-21-17(28-18)20-12-14-4-3-11-26-14/h1-2,5-6,14H,3-4,7-13H2,(H,20,21)/t14-/m0/s1. The van der Waals surface area contributed by atoms with Crippen molar-refractivity contribution in [2.24, 2.45) is 0 Å². The maximum absolute atomic E-state index is 12.5. The Kier molecular flexibility index (Phi) is 6.61. The number of anilines is 2. The molecular formula is C18H24N6O2S2. The lowest BCUT2D eigenvalue weighted by molar-refractivity contribution is -0.128. The van der Waals surface area contributed by atoms with Crippen molar-refractivity contribution in [1.29, 1.82) is 0 Å². The number of piperazine rings is 1. The number of amides is 1. The lowest BCUT2D eigenvalue weighted by atomic mass is 10.2. The Balaban J connectivity index is 1.18. The summed E-state index contributed by atoms with van der Waals surface area (Å²) in [5.41, 5.74) is 0. The average Bonchev–Trinajstić information content (AvgIpc) is 3.43. The highest BCUT2D eigenvalue weighted by molar-refractivity contribution is 8.01. The summed E-state index contributed by atoms with van der Waals surface area (Å²) in [6.07, 6.45) is 4.29. The van der Waals surface area contributed by atoms with Crippen LogP contribution >= 0.6 is 23.1 Å². The molecule has 0 bridgehead atoms. The molecule has 1 amide bonds. The molecule has 4 heterocycles. The SMILES string of the molecule is O=C(CSc1nnc(NC[C@@H]2CCCO2)s1)N1CCN(c2ccccn2)CC1. The summed E-state index contributed by atoms with van der Waals surface area (Å²) in [7, 11) is 0. The van der Waals surface area contributed by atoms with Crippen LogP contribution in [0.1, 0.15) is 12.8 Å². The van der Waals surface area contributed by atoms with Crippen LogP contribution in [0, 0.1) is 0 Å². The number of hydrogen-bond acceptors (Lipinski definition) is 9. The fourth-order valence-electron chi connectivity index (χ4n) is 3.29. The lowest BCUT2D eigenvalue weighted by Gasteiger charge is -2.35. The molecule has 0 aliphatic carbocycles. The average molecular weight is 421 g/mol. The van der Waals surface area contributed by atoms with Crippen molar-refractivity contribution >= 4 is 40.0 Å². The normalized spacial score (nSPS) is 19.8. The first-order valence-corrected chi connectivity index (χ1v) is 11.3. The number of rotatable bonds is 7. The van der Waals surface area contributed by atoms with Gasteiger partial charge in [-0.2, -0.15) is 0 Å². The molecule has 2 saturated heterocycles. The highest BCUT2D eigenvalue weighted by Gasteiger charge is 2.22. The van der Waals surface area contributed by atoms with E-state index in [4.69, 9.17) is 4.74 Å². The van der Waals surface area contributed by atoms with Crippen LogP contribution < -0.4 is 10.2 Å². The zero-order chi connectivity index (χ0) is 19.2. The number of nitrogens with zero attached hydrogens (tertiary/aromatic N) is 5. The number of pyridine rings is 1. The smallest absolute Gasteiger partial charge is 0.233 e. The van der Waals surface area contributed by atoms with Gasteiger partial charge >= 0.3 is 0 Å². The Labute approximate surface area is 172 Å². The highest BCUT2D eigenvalue weighted by atomic mass is 32.2. The van der Waals surface area contributed by atoms with Crippen molar-refractivity contribution in [3.63, 3.8) is 0 Å². The van der Waals surface area contributed by atoms with Gasteiger partial charge in [-0.25, -0.2) is 4.98 Å². The van der Waals surface area contributed by atoms with Gasteiger partial charge in [0.15, 0.2) is 4.34 Å². The van der Waals surface area contributed by atoms with Gasteiger partial charge in [-0.15, -0.1) is 10.2 Å². The van der Waals surface area contributed by atoms with E-state index < -0.39 is 0 Å². The Morgan fingerprint density at radius 3 is 2.93 bits per heavy atom. The molecule has 2 aromatic heterocycles. The summed E-state index contributed by atoms with van der Waals surface area (Å²) >= 11 is 2.94. The monoisotopic (exact) mass is 420 g/mol. The predicted molar refractivity (Wildman–Crippen MR) is 111 cm³/mol. The molecule has 4 rings (SSSR count). The number of ether oxygens (including phenoxy) is 1. The van der Waals surface area contributed by atoms with Gasteiger partial charge < -0.3 is 19.9 Å². The lowest BCUT2D eigenvalue weighted by Crippen LogP contribution is -2.49. The second-order valence-corrected chi connectivity index (χ2v) is 8.93. The Morgan fingerprint density at radius 1 is 1.29 bits per heavy atom. The molecule has 1 N–H and O–H groups in total. The molecule has 1 atom stereocenters. The van der Waals surface area contributed by atoms with Gasteiger partial charge in [-0.3, -0.25) is 4.79 Å². The largest absolute Gasteiger partial charge is 0.376 e. The molecule has 0 spiro atoms. The van der Waals surface area contributed by atoms with E-state index in [9.17, 15) is 4.79 Å². The number of carbonyl (C=O) groups is 1. The Bertz CT molecular complexity index is 760. The highest BCUT2D eigenvalue weighted by Crippen LogP contribution is 2.26. The summed E-state index contributed by atoms with van der Waals surface area (Å²) in [6.45, 7) is 4.67. The fourth-order valence-corrected chi connectivity index (χ4v) is 4.95. The number of hydrogen-bond donors (Lipinski definition) is 1. The van der Waals surface area contributed by atoms with Crippen LogP contribution in [0.4, 0.5) is 10.9 Å². The van der Waals surface area contributed by atoms with Crippen LogP contribution in [0.5, 0.6) is 0 Å². The van der Waals surface area contributed by atoms with E-state index in [1.807, 2.05) is 23.1 Å². The molecule has 0 radical (unpaired) electrons. The first kappa shape index (κ1) is 19.4. The summed E-state index contributed by atoms with van der Waals surface area (Å²) < 4.78 is 6.41. The van der Waals surface area contributed by atoms with Crippen molar-refractivity contribution in [2.45, 2.75) is 23.3 Å². The van der Waals surface area contributed by atoms with Crippen LogP contribution in [0.3, 0.4) is 0 Å². The number of aromatic nitrogens is 3. The van der Waals surface area contributed by atoms with Gasteiger partial charge in [0.25, 0.3) is 0 Å². The van der Waals surface area contributed by atoms with Crippen LogP contribution in [-0.2, 0) is 9.53 Å². The van der Waals surface area contributed by atoms with E-state index in [0.717, 1.165) is 67.5 Å².